The standard InChI is InChI=1S/C26H25ClFN3O4S/c1-16-23(25(33)35-12-11-34-2)24(20-5-3-4-6-21(20)27)31-19(15-36-26(31)30-16)13-22(32)29-14-17-7-9-18(28)10-8-17/h3-10,15,24H,11-14H2,1-2H3,(H,29,32)/t24-/m1/s1. The van der Waals surface area contributed by atoms with Crippen LogP contribution in [0.2, 0.25) is 5.02 Å². The van der Waals surface area contributed by atoms with Gasteiger partial charge >= 0.3 is 5.97 Å². The Balaban J connectivity index is 1.58. The molecular formula is C26H25ClFN3O4S. The van der Waals surface area contributed by atoms with Crippen LogP contribution in [-0.2, 0) is 25.6 Å². The van der Waals surface area contributed by atoms with Gasteiger partial charge in [0.1, 0.15) is 12.4 Å². The molecule has 2 aromatic carbocycles. The monoisotopic (exact) mass is 529 g/mol. The third-order valence-corrected chi connectivity index (χ3v) is 6.92. The average Bonchev–Trinajstić information content (AvgIpc) is 3.25. The number of methoxy groups -OCH3 is 1. The van der Waals surface area contributed by atoms with E-state index >= 15 is 0 Å². The largest absolute Gasteiger partial charge is 0.460 e. The Morgan fingerprint density at radius 2 is 1.92 bits per heavy atom. The number of esters is 1. The van der Waals surface area contributed by atoms with E-state index in [-0.39, 0.29) is 37.9 Å². The zero-order valence-corrected chi connectivity index (χ0v) is 21.4. The minimum absolute atomic E-state index is 0.0548. The molecule has 0 radical (unpaired) electrons. The molecular weight excluding hydrogens is 505 g/mol. The van der Waals surface area contributed by atoms with Gasteiger partial charge in [0.25, 0.3) is 0 Å². The first kappa shape index (κ1) is 25.9. The number of hydrogen-bond acceptors (Lipinski definition) is 7. The van der Waals surface area contributed by atoms with Crippen LogP contribution in [0, 0.1) is 5.82 Å². The van der Waals surface area contributed by atoms with Crippen LogP contribution >= 0.6 is 23.4 Å². The summed E-state index contributed by atoms with van der Waals surface area (Å²) in [6, 6.07) is 12.6. The Kier molecular flexibility index (Phi) is 8.45. The summed E-state index contributed by atoms with van der Waals surface area (Å²) in [5.74, 6) is -1.07. The molecule has 4 rings (SSSR count). The van der Waals surface area contributed by atoms with Gasteiger partial charge in [-0.05, 0) is 41.7 Å². The van der Waals surface area contributed by atoms with Crippen molar-refractivity contribution in [1.29, 1.82) is 0 Å². The van der Waals surface area contributed by atoms with Crippen molar-refractivity contribution in [1.82, 2.24) is 10.2 Å². The van der Waals surface area contributed by atoms with Crippen molar-refractivity contribution < 1.29 is 23.5 Å². The van der Waals surface area contributed by atoms with Crippen molar-refractivity contribution >= 4 is 40.4 Å². The molecule has 0 unspecified atom stereocenters. The predicted octanol–water partition coefficient (Wildman–Crippen LogP) is 4.95. The molecule has 2 aromatic rings. The van der Waals surface area contributed by atoms with Crippen molar-refractivity contribution in [3.63, 3.8) is 0 Å². The molecule has 10 heteroatoms. The topological polar surface area (TPSA) is 80.2 Å². The molecule has 1 atom stereocenters. The van der Waals surface area contributed by atoms with E-state index in [2.05, 4.69) is 10.3 Å². The van der Waals surface area contributed by atoms with E-state index in [1.54, 1.807) is 25.1 Å². The second-order valence-electron chi connectivity index (χ2n) is 8.12. The molecule has 2 aliphatic rings. The summed E-state index contributed by atoms with van der Waals surface area (Å²) in [6.07, 6.45) is 0.0548. The number of rotatable bonds is 9. The lowest BCUT2D eigenvalue weighted by Crippen LogP contribution is -2.38. The Morgan fingerprint density at radius 1 is 1.17 bits per heavy atom. The number of carbonyl (C=O) groups excluding carboxylic acids is 2. The van der Waals surface area contributed by atoms with E-state index < -0.39 is 12.0 Å². The van der Waals surface area contributed by atoms with Crippen molar-refractivity contribution in [3.05, 3.63) is 92.9 Å². The lowest BCUT2D eigenvalue weighted by molar-refractivity contribution is -0.141. The van der Waals surface area contributed by atoms with E-state index in [9.17, 15) is 14.0 Å². The van der Waals surface area contributed by atoms with E-state index in [1.807, 2.05) is 28.5 Å². The highest BCUT2D eigenvalue weighted by Gasteiger charge is 2.41. The SMILES string of the molecule is COCCOC(=O)C1=C(C)N=C2SC=C(CC(=O)NCc3ccc(F)cc3)N2[C@@H]1c1ccccc1Cl. The molecule has 7 nitrogen and oxygen atoms in total. The number of nitrogens with zero attached hydrogens (tertiary/aromatic N) is 2. The lowest BCUT2D eigenvalue weighted by Gasteiger charge is -2.36. The number of amides is 1. The van der Waals surface area contributed by atoms with Crippen LogP contribution in [0.4, 0.5) is 4.39 Å². The number of hydrogen-bond donors (Lipinski definition) is 1. The van der Waals surface area contributed by atoms with Gasteiger partial charge in [-0.1, -0.05) is 53.7 Å². The van der Waals surface area contributed by atoms with Crippen LogP contribution in [0.25, 0.3) is 0 Å². The fourth-order valence-corrected chi connectivity index (χ4v) is 5.15. The van der Waals surface area contributed by atoms with Gasteiger partial charge in [-0.25, -0.2) is 14.2 Å². The summed E-state index contributed by atoms with van der Waals surface area (Å²) in [5.41, 5.74) is 3.03. The first-order valence-corrected chi connectivity index (χ1v) is 12.5. The molecule has 2 aliphatic heterocycles. The quantitative estimate of drug-likeness (QED) is 0.366. The van der Waals surface area contributed by atoms with Crippen molar-refractivity contribution in [2.45, 2.75) is 25.9 Å². The highest BCUT2D eigenvalue weighted by atomic mass is 35.5. The van der Waals surface area contributed by atoms with Crippen LogP contribution < -0.4 is 5.32 Å². The maximum absolute atomic E-state index is 13.2. The molecule has 0 aromatic heterocycles. The Hall–Kier alpha value is -3.14. The van der Waals surface area contributed by atoms with E-state index in [0.717, 1.165) is 5.56 Å². The Labute approximate surface area is 218 Å². The third kappa shape index (κ3) is 5.80. The van der Waals surface area contributed by atoms with Crippen LogP contribution in [0.3, 0.4) is 0 Å². The van der Waals surface area contributed by atoms with E-state index in [1.165, 1.54) is 31.0 Å². The van der Waals surface area contributed by atoms with Crippen LogP contribution in [0.1, 0.15) is 30.5 Å². The number of fused-ring (bicyclic) bond motifs is 1. The molecule has 36 heavy (non-hydrogen) atoms. The minimum atomic E-state index is -0.618. The predicted molar refractivity (Wildman–Crippen MR) is 138 cm³/mol. The van der Waals surface area contributed by atoms with Crippen molar-refractivity contribution in [2.24, 2.45) is 4.99 Å². The van der Waals surface area contributed by atoms with Crippen LogP contribution in [-0.4, -0.2) is 42.3 Å². The number of amidine groups is 1. The van der Waals surface area contributed by atoms with Gasteiger partial charge in [0.2, 0.25) is 5.91 Å². The summed E-state index contributed by atoms with van der Waals surface area (Å²) in [7, 11) is 1.53. The van der Waals surface area contributed by atoms with Crippen molar-refractivity contribution in [3.8, 4) is 0 Å². The molecule has 0 spiro atoms. The molecule has 2 heterocycles. The molecule has 188 valence electrons. The zero-order chi connectivity index (χ0) is 25.7. The Morgan fingerprint density at radius 3 is 2.64 bits per heavy atom. The molecule has 0 fully saturated rings. The molecule has 0 saturated carbocycles. The van der Waals surface area contributed by atoms with Crippen molar-refractivity contribution in [2.75, 3.05) is 20.3 Å². The van der Waals surface area contributed by atoms with Gasteiger partial charge in [0, 0.05) is 24.4 Å². The first-order chi connectivity index (χ1) is 17.4. The summed E-state index contributed by atoms with van der Waals surface area (Å²) >= 11 is 7.96. The smallest absolute Gasteiger partial charge is 0.338 e. The zero-order valence-electron chi connectivity index (χ0n) is 19.8. The lowest BCUT2D eigenvalue weighted by atomic mass is 9.93. The fraction of sp³-hybridized carbons (Fsp3) is 0.269. The third-order valence-electron chi connectivity index (χ3n) is 5.69. The molecule has 0 saturated heterocycles. The number of aliphatic imine (C=N–C) groups is 1. The molecule has 0 aliphatic carbocycles. The summed E-state index contributed by atoms with van der Waals surface area (Å²) in [6.45, 7) is 2.39. The second-order valence-corrected chi connectivity index (χ2v) is 9.37. The van der Waals surface area contributed by atoms with Crippen LogP contribution in [0.15, 0.2) is 75.9 Å². The molecule has 1 amide bonds. The normalized spacial score (nSPS) is 16.9. The number of allylic oxidation sites excluding steroid dienone is 1. The van der Waals surface area contributed by atoms with Crippen LogP contribution in [0.5, 0.6) is 0 Å². The maximum atomic E-state index is 13.2. The number of thioether (sulfide) groups is 1. The van der Waals surface area contributed by atoms with E-state index in [4.69, 9.17) is 21.1 Å². The van der Waals surface area contributed by atoms with E-state index in [0.29, 0.717) is 32.7 Å². The second kappa shape index (κ2) is 11.7. The highest BCUT2D eigenvalue weighted by molar-refractivity contribution is 8.16. The number of carbonyl (C=O) groups is 2. The first-order valence-electron chi connectivity index (χ1n) is 11.2. The number of benzene rings is 2. The minimum Gasteiger partial charge on any atom is -0.460 e. The van der Waals surface area contributed by atoms with Gasteiger partial charge in [-0.2, -0.15) is 0 Å². The van der Waals surface area contributed by atoms with Gasteiger partial charge in [0.05, 0.1) is 30.3 Å². The maximum Gasteiger partial charge on any atom is 0.338 e. The fourth-order valence-electron chi connectivity index (χ4n) is 3.95. The molecule has 1 N–H and O–H groups in total. The summed E-state index contributed by atoms with van der Waals surface area (Å²) in [5, 5.41) is 5.84. The van der Waals surface area contributed by atoms with Gasteiger partial charge < -0.3 is 19.7 Å². The van der Waals surface area contributed by atoms with Gasteiger partial charge in [-0.15, -0.1) is 0 Å². The summed E-state index contributed by atoms with van der Waals surface area (Å²) in [4.78, 5) is 32.5. The Bertz CT molecular complexity index is 1250. The van der Waals surface area contributed by atoms with Gasteiger partial charge in [-0.3, -0.25) is 4.79 Å². The highest BCUT2D eigenvalue weighted by Crippen LogP contribution is 2.46. The number of halogens is 2. The average molecular weight is 530 g/mol. The number of nitrogens with one attached hydrogen (secondary N) is 1. The van der Waals surface area contributed by atoms with Gasteiger partial charge in [0.15, 0.2) is 5.17 Å². The number of ether oxygens (including phenoxy) is 2. The summed E-state index contributed by atoms with van der Waals surface area (Å²) < 4.78 is 23.6. The molecule has 0 bridgehead atoms.